The van der Waals surface area contributed by atoms with Crippen LogP contribution < -0.4 is 0 Å². The van der Waals surface area contributed by atoms with Crippen LogP contribution in [0.15, 0.2) is 0 Å². The van der Waals surface area contributed by atoms with E-state index in [4.69, 9.17) is 0 Å². The van der Waals surface area contributed by atoms with Crippen molar-refractivity contribution in [2.24, 2.45) is 0 Å². The molecule has 0 unspecified atom stereocenters. The Morgan fingerprint density at radius 1 is 1.75 bits per heavy atom. The van der Waals surface area contributed by atoms with Crippen LogP contribution in [0.25, 0.3) is 0 Å². The van der Waals surface area contributed by atoms with Crippen LogP contribution in [0.4, 0.5) is 0 Å². The van der Waals surface area contributed by atoms with E-state index in [0.29, 0.717) is 16.3 Å². The topological polar surface area (TPSA) is 0 Å². The van der Waals surface area contributed by atoms with Gasteiger partial charge in [0.05, 0.1) is 0 Å². The van der Waals surface area contributed by atoms with Crippen molar-refractivity contribution in [1.29, 1.82) is 0 Å². The van der Waals surface area contributed by atoms with E-state index in [0.717, 1.165) is 0 Å². The van der Waals surface area contributed by atoms with Gasteiger partial charge in [-0.2, -0.15) is 0 Å². The minimum Gasteiger partial charge on any atom is 0 e. The Balaban J connectivity index is 0. The first-order valence-electron chi connectivity index (χ1n) is 0.591. The molecule has 4 heavy (non-hydrogen) atoms. The molecule has 0 aromatic rings. The summed E-state index contributed by atoms with van der Waals surface area (Å²) in [5, 5.41) is 0. The maximum Gasteiger partial charge on any atom is 0 e. The smallest absolute Gasteiger partial charge is 0 e. The SMILES string of the molecule is [BH2][Mo][SeH].[Zn]. The number of hydrogen-bond donors (Lipinski definition) is 0. The van der Waals surface area contributed by atoms with Crippen LogP contribution in [0.3, 0.4) is 0 Å². The normalized spacial score (nSPS) is 4.25. The molecule has 20 valence electrons. The van der Waals surface area contributed by atoms with E-state index in [1.54, 1.807) is 0 Å². The van der Waals surface area contributed by atoms with Crippen molar-refractivity contribution in [3.8, 4) is 0 Å². The molecular formula is H3BMoSeZn. The van der Waals surface area contributed by atoms with Gasteiger partial charge in [0.1, 0.15) is 0 Å². The van der Waals surface area contributed by atoms with Gasteiger partial charge in [-0.3, -0.25) is 0 Å². The third-order valence-electron chi connectivity index (χ3n) is 0. The molecule has 0 bridgehead atoms. The average molecular weight is 254 g/mol. The van der Waals surface area contributed by atoms with Crippen molar-refractivity contribution in [1.82, 2.24) is 0 Å². The molecule has 0 rings (SSSR count). The molecular weight excluding hydrogens is 251 g/mol. The third-order valence-corrected chi connectivity index (χ3v) is 0. The van der Waals surface area contributed by atoms with Gasteiger partial charge in [-0.05, 0) is 0 Å². The van der Waals surface area contributed by atoms with Gasteiger partial charge in [0.25, 0.3) is 0 Å². The first kappa shape index (κ1) is 9.31. The molecule has 0 N–H and O–H groups in total. The van der Waals surface area contributed by atoms with Crippen LogP contribution in [0, 0.1) is 0 Å². The van der Waals surface area contributed by atoms with Crippen LogP contribution >= 0.6 is 0 Å². The minimum atomic E-state index is 0. The van der Waals surface area contributed by atoms with Crippen molar-refractivity contribution in [2.75, 3.05) is 0 Å². The van der Waals surface area contributed by atoms with E-state index >= 15 is 0 Å². The first-order valence-corrected chi connectivity index (χ1v) is 8.03. The van der Waals surface area contributed by atoms with E-state index in [-0.39, 0.29) is 19.5 Å². The van der Waals surface area contributed by atoms with Crippen molar-refractivity contribution in [3.05, 3.63) is 0 Å². The van der Waals surface area contributed by atoms with Gasteiger partial charge in [-0.15, -0.1) is 0 Å². The quantitative estimate of drug-likeness (QED) is 0.458. The molecule has 0 aliphatic rings. The molecule has 0 fully saturated rings. The minimum absolute atomic E-state index is 0. The summed E-state index contributed by atoms with van der Waals surface area (Å²) >= 11 is 3.00. The van der Waals surface area contributed by atoms with Crippen LogP contribution in [-0.2, 0) is 35.8 Å². The fourth-order valence-electron chi connectivity index (χ4n) is 0. The standard InChI is InChI=1S/BH2.Mo.H2Se.Zn/h1H2;;1H2;/q+1;;;/p-1. The zero-order valence-electron chi connectivity index (χ0n) is 2.56. The molecule has 0 aromatic carbocycles. The molecule has 0 aliphatic heterocycles. The van der Waals surface area contributed by atoms with E-state index < -0.39 is 0 Å². The van der Waals surface area contributed by atoms with Gasteiger partial charge in [-0.1, -0.05) is 0 Å². The van der Waals surface area contributed by atoms with Gasteiger partial charge < -0.3 is 0 Å². The molecule has 4 heteroatoms. The molecule has 0 atom stereocenters. The molecule has 0 spiro atoms. The Kier molecular flexibility index (Phi) is 20.6. The summed E-state index contributed by atoms with van der Waals surface area (Å²) in [6.07, 6.45) is 2.23. The summed E-state index contributed by atoms with van der Waals surface area (Å²) < 4.78 is 0. The predicted molar refractivity (Wildman–Crippen MR) is 15.7 cm³/mol. The molecule has 0 heterocycles. The van der Waals surface area contributed by atoms with E-state index in [2.05, 4.69) is 19.5 Å². The summed E-state index contributed by atoms with van der Waals surface area (Å²) in [4.78, 5) is 0. The summed E-state index contributed by atoms with van der Waals surface area (Å²) in [5.41, 5.74) is 0. The summed E-state index contributed by atoms with van der Waals surface area (Å²) in [5.74, 6) is 0. The fourth-order valence-corrected chi connectivity index (χ4v) is 0. The van der Waals surface area contributed by atoms with Crippen molar-refractivity contribution in [2.45, 2.75) is 0 Å². The third kappa shape index (κ3) is 9.09. The Labute approximate surface area is 54.8 Å². The van der Waals surface area contributed by atoms with Crippen molar-refractivity contribution >= 4 is 19.5 Å². The van der Waals surface area contributed by atoms with Gasteiger partial charge >= 0.3 is 35.8 Å². The van der Waals surface area contributed by atoms with Crippen LogP contribution in [0.5, 0.6) is 0 Å². The van der Waals surface area contributed by atoms with E-state index in [1.165, 1.54) is 0 Å². The van der Waals surface area contributed by atoms with Crippen molar-refractivity contribution in [3.63, 3.8) is 0 Å². The predicted octanol–water partition coefficient (Wildman–Crippen LogP) is -1.57. The monoisotopic (exact) mass is 256 g/mol. The maximum atomic E-state index is 2.60. The summed E-state index contributed by atoms with van der Waals surface area (Å²) in [7, 11) is 0. The molecule has 0 saturated carbocycles. The van der Waals surface area contributed by atoms with Crippen LogP contribution in [0.1, 0.15) is 0 Å². The second-order valence-electron chi connectivity index (χ2n) is 0.183. The zero-order chi connectivity index (χ0) is 2.71. The first-order chi connectivity index (χ1) is 1.41. The van der Waals surface area contributed by atoms with E-state index in [9.17, 15) is 0 Å². The Morgan fingerprint density at radius 2 is 1.75 bits per heavy atom. The molecule has 0 saturated heterocycles. The second-order valence-corrected chi connectivity index (χ2v) is 5.61. The van der Waals surface area contributed by atoms with Crippen LogP contribution in [-0.4, -0.2) is 19.5 Å². The molecule has 0 amide bonds. The summed E-state index contributed by atoms with van der Waals surface area (Å²) in [6, 6.07) is 0. The fraction of sp³-hybridized carbons (Fsp3) is 0. The van der Waals surface area contributed by atoms with E-state index in [1.807, 2.05) is 0 Å². The van der Waals surface area contributed by atoms with Crippen LogP contribution in [0.2, 0.25) is 0 Å². The van der Waals surface area contributed by atoms with Crippen molar-refractivity contribution < 1.29 is 35.8 Å². The largest absolute Gasteiger partial charge is 0 e. The molecule has 0 aromatic heterocycles. The Bertz CT molecular complexity index is 8.00. The second kappa shape index (κ2) is 8.86. The zero-order valence-corrected chi connectivity index (χ0v) is 9.41. The molecule has 0 aliphatic carbocycles. The van der Waals surface area contributed by atoms with Gasteiger partial charge in [0.15, 0.2) is 0 Å². The van der Waals surface area contributed by atoms with Gasteiger partial charge in [0.2, 0.25) is 0 Å². The average Bonchev–Trinajstić information content (AvgIpc) is 0.918. The molecule has 0 radical (unpaired) electrons. The number of rotatable bonds is 0. The molecule has 0 nitrogen and oxygen atoms in total. The van der Waals surface area contributed by atoms with Gasteiger partial charge in [-0.25, -0.2) is 0 Å². The van der Waals surface area contributed by atoms with Gasteiger partial charge in [0, 0.05) is 19.5 Å². The number of hydrogen-bond acceptors (Lipinski definition) is 0. The Morgan fingerprint density at radius 3 is 1.75 bits per heavy atom. The summed E-state index contributed by atoms with van der Waals surface area (Å²) in [6.45, 7) is 0. The maximum absolute atomic E-state index is 2.60. The Hall–Kier alpha value is 1.90.